The Balaban J connectivity index is 2.04. The highest BCUT2D eigenvalue weighted by Gasteiger charge is 2.19. The monoisotopic (exact) mass is 520 g/mol. The second-order valence-corrected chi connectivity index (χ2v) is 10.9. The van der Waals surface area contributed by atoms with Crippen LogP contribution in [0.3, 0.4) is 0 Å². The molecule has 0 heterocycles. The molecule has 0 aliphatic carbocycles. The molecule has 0 saturated heterocycles. The third-order valence-corrected chi connectivity index (χ3v) is 7.33. The smallest absolute Gasteiger partial charge is 0.257 e. The van der Waals surface area contributed by atoms with Crippen molar-refractivity contribution in [2.45, 2.75) is 9.79 Å². The number of carbonyl (C=O) groups excluding carboxylic acids is 1. The van der Waals surface area contributed by atoms with E-state index in [1.54, 1.807) is 12.1 Å². The lowest BCUT2D eigenvalue weighted by atomic mass is 10.2. The number of hydrazine groups is 1. The van der Waals surface area contributed by atoms with Crippen LogP contribution in [-0.2, 0) is 20.0 Å². The summed E-state index contributed by atoms with van der Waals surface area (Å²) in [5, 5.41) is 1.97. The van der Waals surface area contributed by atoms with Crippen LogP contribution in [0, 0.1) is 0 Å². The quantitative estimate of drug-likeness (QED) is 0.386. The van der Waals surface area contributed by atoms with E-state index in [0.717, 1.165) is 4.31 Å². The summed E-state index contributed by atoms with van der Waals surface area (Å²) in [5.41, 5.74) is 2.26. The second-order valence-electron chi connectivity index (χ2n) is 5.78. The van der Waals surface area contributed by atoms with Gasteiger partial charge in [-0.15, -0.1) is 4.83 Å². The molecular weight excluding hydrogens is 504 g/mol. The van der Waals surface area contributed by atoms with E-state index in [2.05, 4.69) is 31.5 Å². The number of nitrogens with one attached hydrogen (secondary N) is 3. The molecule has 0 bridgehead atoms. The Morgan fingerprint density at radius 2 is 1.62 bits per heavy atom. The Morgan fingerprint density at radius 3 is 2.21 bits per heavy atom. The van der Waals surface area contributed by atoms with Crippen LogP contribution in [-0.4, -0.2) is 46.3 Å². The van der Waals surface area contributed by atoms with Crippen molar-refractivity contribution >= 4 is 59.2 Å². The first-order valence-corrected chi connectivity index (χ1v) is 12.0. The third kappa shape index (κ3) is 6.04. The van der Waals surface area contributed by atoms with Crippen molar-refractivity contribution in [1.29, 1.82) is 0 Å². The maximum Gasteiger partial charge on any atom is 0.257 e. The molecule has 9 nitrogen and oxygen atoms in total. The van der Waals surface area contributed by atoms with E-state index >= 15 is 0 Å². The molecule has 1 amide bonds. The molecule has 13 heteroatoms. The summed E-state index contributed by atoms with van der Waals surface area (Å²) < 4.78 is 50.5. The summed E-state index contributed by atoms with van der Waals surface area (Å²) in [5.74, 6) is -0.707. The molecule has 3 N–H and O–H groups in total. The average Bonchev–Trinajstić information content (AvgIpc) is 2.66. The van der Waals surface area contributed by atoms with Crippen molar-refractivity contribution in [3.63, 3.8) is 0 Å². The van der Waals surface area contributed by atoms with E-state index in [-0.39, 0.29) is 20.5 Å². The Hall–Kier alpha value is -1.90. The number of thiocarbonyl (C=S) groups is 1. The van der Waals surface area contributed by atoms with Crippen LogP contribution in [0.25, 0.3) is 0 Å². The first-order valence-electron chi connectivity index (χ1n) is 7.85. The molecule has 0 aromatic heterocycles. The predicted octanol–water partition coefficient (Wildman–Crippen LogP) is 1.20. The number of benzene rings is 2. The van der Waals surface area contributed by atoms with Crippen LogP contribution in [0.15, 0.2) is 62.8 Å². The fraction of sp³-hybridized carbons (Fsp3) is 0.125. The molecule has 2 aromatic carbocycles. The number of nitrogens with zero attached hydrogens (tertiary/aromatic N) is 1. The Labute approximate surface area is 182 Å². The first kappa shape index (κ1) is 23.4. The van der Waals surface area contributed by atoms with Crippen LogP contribution >= 0.6 is 28.1 Å². The van der Waals surface area contributed by atoms with Gasteiger partial charge < -0.3 is 0 Å². The van der Waals surface area contributed by atoms with E-state index in [9.17, 15) is 21.6 Å². The molecule has 0 unspecified atom stereocenters. The van der Waals surface area contributed by atoms with Crippen molar-refractivity contribution < 1.29 is 21.6 Å². The molecule has 156 valence electrons. The normalized spacial score (nSPS) is 11.9. The highest BCUT2D eigenvalue weighted by molar-refractivity contribution is 9.10. The van der Waals surface area contributed by atoms with Crippen LogP contribution < -0.4 is 15.6 Å². The Morgan fingerprint density at radius 1 is 1.00 bits per heavy atom. The minimum Gasteiger partial charge on any atom is -0.298 e. The topological polar surface area (TPSA) is 125 Å². The van der Waals surface area contributed by atoms with E-state index in [1.807, 2.05) is 0 Å². The van der Waals surface area contributed by atoms with Gasteiger partial charge in [-0.1, -0.05) is 22.0 Å². The summed E-state index contributed by atoms with van der Waals surface area (Å²) in [6.07, 6.45) is 0. The van der Waals surface area contributed by atoms with Gasteiger partial charge in [0.2, 0.25) is 10.0 Å². The van der Waals surface area contributed by atoms with E-state index < -0.39 is 26.0 Å². The largest absolute Gasteiger partial charge is 0.298 e. The second kappa shape index (κ2) is 9.28. The third-order valence-electron chi connectivity index (χ3n) is 3.52. The number of hydrogen-bond donors (Lipinski definition) is 3. The molecule has 29 heavy (non-hydrogen) atoms. The molecule has 0 saturated carbocycles. The Kier molecular flexibility index (Phi) is 7.48. The summed E-state index contributed by atoms with van der Waals surface area (Å²) in [6, 6.07) is 11.2. The van der Waals surface area contributed by atoms with Crippen molar-refractivity contribution in [2.75, 3.05) is 14.1 Å². The SMILES string of the molecule is CN(C)S(=O)(=O)c1cccc(C(=O)NC(=S)NNS(=O)(=O)c2ccc(Br)cc2)c1. The molecule has 0 fully saturated rings. The molecule has 0 radical (unpaired) electrons. The zero-order valence-corrected chi connectivity index (χ0v) is 19.2. The molecule has 0 aliphatic rings. The predicted molar refractivity (Wildman–Crippen MR) is 115 cm³/mol. The van der Waals surface area contributed by atoms with Gasteiger partial charge in [0.25, 0.3) is 15.9 Å². The van der Waals surface area contributed by atoms with E-state index in [4.69, 9.17) is 12.2 Å². The lowest BCUT2D eigenvalue weighted by molar-refractivity contribution is 0.0976. The molecule has 2 rings (SSSR count). The average molecular weight is 521 g/mol. The maximum atomic E-state index is 12.3. The van der Waals surface area contributed by atoms with Crippen molar-refractivity contribution in [1.82, 2.24) is 19.9 Å². The number of carbonyl (C=O) groups is 1. The zero-order chi connectivity index (χ0) is 21.8. The highest BCUT2D eigenvalue weighted by Crippen LogP contribution is 2.15. The lowest BCUT2D eigenvalue weighted by Gasteiger charge is -2.13. The lowest BCUT2D eigenvalue weighted by Crippen LogP contribution is -2.48. The van der Waals surface area contributed by atoms with Gasteiger partial charge >= 0.3 is 0 Å². The van der Waals surface area contributed by atoms with Gasteiger partial charge in [-0.3, -0.25) is 15.5 Å². The van der Waals surface area contributed by atoms with Crippen molar-refractivity contribution in [3.8, 4) is 0 Å². The minimum atomic E-state index is -3.91. The van der Waals surface area contributed by atoms with Gasteiger partial charge in [-0.25, -0.2) is 21.1 Å². The summed E-state index contributed by atoms with van der Waals surface area (Å²) in [7, 11) is -4.88. The maximum absolute atomic E-state index is 12.3. The number of sulfonamides is 2. The van der Waals surface area contributed by atoms with Crippen LogP contribution in [0.5, 0.6) is 0 Å². The Bertz CT molecular complexity index is 1130. The van der Waals surface area contributed by atoms with Crippen molar-refractivity contribution in [2.24, 2.45) is 0 Å². The summed E-state index contributed by atoms with van der Waals surface area (Å²) >= 11 is 8.12. The fourth-order valence-corrected chi connectivity index (χ4v) is 4.27. The van der Waals surface area contributed by atoms with Crippen LogP contribution in [0.4, 0.5) is 0 Å². The summed E-state index contributed by atoms with van der Waals surface area (Å²) in [6.45, 7) is 0. The van der Waals surface area contributed by atoms with E-state index in [0.29, 0.717) is 4.47 Å². The van der Waals surface area contributed by atoms with Gasteiger partial charge in [-0.05, 0) is 54.7 Å². The first-order chi connectivity index (χ1) is 13.4. The van der Waals surface area contributed by atoms with Crippen molar-refractivity contribution in [3.05, 3.63) is 58.6 Å². The van der Waals surface area contributed by atoms with Gasteiger partial charge in [0.1, 0.15) is 0 Å². The van der Waals surface area contributed by atoms with Gasteiger partial charge in [-0.2, -0.15) is 0 Å². The minimum absolute atomic E-state index is 0.0103. The standard InChI is InChI=1S/C16H17BrN4O5S3/c1-21(2)29(25,26)14-5-3-4-11(10-14)15(22)18-16(27)19-20-28(23,24)13-8-6-12(17)7-9-13/h3-10,20H,1-2H3,(H2,18,19,22,27). The number of amides is 1. The van der Waals surface area contributed by atoms with Crippen LogP contribution in [0.1, 0.15) is 10.4 Å². The molecule has 0 aliphatic heterocycles. The van der Waals surface area contributed by atoms with Gasteiger partial charge in [0.05, 0.1) is 9.79 Å². The fourth-order valence-electron chi connectivity index (χ4n) is 2.00. The van der Waals surface area contributed by atoms with Gasteiger partial charge in [0.15, 0.2) is 5.11 Å². The number of rotatable bonds is 6. The molecule has 2 aromatic rings. The van der Waals surface area contributed by atoms with Gasteiger partial charge in [0, 0.05) is 24.1 Å². The molecule has 0 spiro atoms. The molecule has 0 atom stereocenters. The van der Waals surface area contributed by atoms with E-state index in [1.165, 1.54) is 50.5 Å². The van der Waals surface area contributed by atoms with Crippen LogP contribution in [0.2, 0.25) is 0 Å². The highest BCUT2D eigenvalue weighted by atomic mass is 79.9. The summed E-state index contributed by atoms with van der Waals surface area (Å²) in [4.78, 5) is 14.3. The number of halogens is 1. The number of hydrogen-bond acceptors (Lipinski definition) is 6. The molecular formula is C16H17BrN4O5S3. The zero-order valence-electron chi connectivity index (χ0n) is 15.2.